The van der Waals surface area contributed by atoms with Crippen molar-refractivity contribution in [3.63, 3.8) is 0 Å². The summed E-state index contributed by atoms with van der Waals surface area (Å²) in [5.74, 6) is -0.152. The molecule has 0 spiro atoms. The Balaban J connectivity index is 1.96. The van der Waals surface area contributed by atoms with Gasteiger partial charge in [-0.25, -0.2) is 0 Å². The van der Waals surface area contributed by atoms with E-state index in [9.17, 15) is 4.79 Å². The quantitative estimate of drug-likeness (QED) is 0.823. The van der Waals surface area contributed by atoms with Gasteiger partial charge in [-0.3, -0.25) is 4.79 Å². The van der Waals surface area contributed by atoms with Crippen molar-refractivity contribution < 1.29 is 4.79 Å². The normalized spacial score (nSPS) is 9.79. The Morgan fingerprint density at radius 2 is 1.62 bits per heavy atom. The fraction of sp³-hybridized carbons (Fsp3) is 0.211. The Hall–Kier alpha value is -2.71. The molecule has 0 unspecified atom stereocenters. The van der Waals surface area contributed by atoms with Crippen LogP contribution < -0.4 is 5.32 Å². The minimum absolute atomic E-state index is 0.152. The van der Waals surface area contributed by atoms with Gasteiger partial charge in [-0.05, 0) is 23.3 Å². The van der Waals surface area contributed by atoms with E-state index < -0.39 is 0 Å². The molecular weight excluding hydrogens is 318 g/mol. The van der Waals surface area contributed by atoms with Crippen LogP contribution in [0.15, 0.2) is 60.7 Å². The molecule has 24 heavy (non-hydrogen) atoms. The van der Waals surface area contributed by atoms with Crippen LogP contribution in [-0.4, -0.2) is 22.5 Å². The van der Waals surface area contributed by atoms with Crippen LogP contribution in [0.2, 0.25) is 0 Å². The van der Waals surface area contributed by atoms with E-state index >= 15 is 0 Å². The lowest BCUT2D eigenvalue weighted by Gasteiger charge is -2.24. The van der Waals surface area contributed by atoms with Crippen LogP contribution in [0, 0.1) is 11.3 Å². The molecule has 5 heteroatoms. The van der Waals surface area contributed by atoms with Gasteiger partial charge < -0.3 is 10.2 Å². The van der Waals surface area contributed by atoms with E-state index in [-0.39, 0.29) is 12.3 Å². The zero-order valence-electron chi connectivity index (χ0n) is 13.3. The lowest BCUT2D eigenvalue weighted by Crippen LogP contribution is -2.43. The molecule has 0 saturated heterocycles. The summed E-state index contributed by atoms with van der Waals surface area (Å²) in [7, 11) is 0. The van der Waals surface area contributed by atoms with Crippen molar-refractivity contribution in [2.24, 2.45) is 0 Å². The van der Waals surface area contributed by atoms with Crippen LogP contribution in [0.25, 0.3) is 0 Å². The highest BCUT2D eigenvalue weighted by Gasteiger charge is 2.13. The van der Waals surface area contributed by atoms with Gasteiger partial charge in [-0.1, -0.05) is 60.7 Å². The van der Waals surface area contributed by atoms with Crippen molar-refractivity contribution in [3.05, 3.63) is 71.8 Å². The molecule has 0 aliphatic carbocycles. The summed E-state index contributed by atoms with van der Waals surface area (Å²) in [5, 5.41) is 12.0. The Kier molecular flexibility index (Phi) is 6.93. The Morgan fingerprint density at radius 1 is 1.04 bits per heavy atom. The van der Waals surface area contributed by atoms with Gasteiger partial charge in [0, 0.05) is 13.1 Å². The first-order chi connectivity index (χ1) is 11.7. The molecular formula is C19H19N3OS. The van der Waals surface area contributed by atoms with Crippen molar-refractivity contribution in [1.29, 1.82) is 5.26 Å². The number of nitrogens with zero attached hydrogens (tertiary/aromatic N) is 2. The van der Waals surface area contributed by atoms with Gasteiger partial charge in [0.25, 0.3) is 0 Å². The second-order valence-electron chi connectivity index (χ2n) is 5.33. The zero-order valence-corrected chi connectivity index (χ0v) is 14.1. The lowest BCUT2D eigenvalue weighted by molar-refractivity contribution is -0.119. The molecule has 0 fully saturated rings. The molecule has 0 radical (unpaired) electrons. The van der Waals surface area contributed by atoms with Gasteiger partial charge in [0.15, 0.2) is 5.11 Å². The van der Waals surface area contributed by atoms with E-state index in [0.717, 1.165) is 11.1 Å². The molecule has 0 bridgehead atoms. The number of amides is 1. The van der Waals surface area contributed by atoms with Crippen molar-refractivity contribution in [1.82, 2.24) is 10.2 Å². The molecule has 0 aromatic heterocycles. The largest absolute Gasteiger partial charge is 0.344 e. The standard InChI is InChI=1S/C19H19N3OS/c20-12-7-13-22(15-17-10-5-2-6-11-17)19(24)21-18(23)14-16-8-3-1-4-9-16/h1-6,8-11H,7,13-15H2,(H,21,23,24). The summed E-state index contributed by atoms with van der Waals surface area (Å²) in [6, 6.07) is 21.5. The summed E-state index contributed by atoms with van der Waals surface area (Å²) in [6.45, 7) is 1.04. The summed E-state index contributed by atoms with van der Waals surface area (Å²) in [4.78, 5) is 14.0. The van der Waals surface area contributed by atoms with Crippen LogP contribution in [0.5, 0.6) is 0 Å². The van der Waals surface area contributed by atoms with Gasteiger partial charge in [0.1, 0.15) is 0 Å². The fourth-order valence-corrected chi connectivity index (χ4v) is 2.53. The first kappa shape index (κ1) is 17.6. The predicted octanol–water partition coefficient (Wildman–Crippen LogP) is 3.05. The van der Waals surface area contributed by atoms with Crippen molar-refractivity contribution in [2.75, 3.05) is 6.54 Å². The SMILES string of the molecule is N#CCCN(Cc1ccccc1)C(=S)NC(=O)Cc1ccccc1. The number of carbonyl (C=O) groups excluding carboxylic acids is 1. The Morgan fingerprint density at radius 3 is 2.21 bits per heavy atom. The lowest BCUT2D eigenvalue weighted by atomic mass is 10.1. The van der Waals surface area contributed by atoms with E-state index in [0.29, 0.717) is 24.6 Å². The maximum Gasteiger partial charge on any atom is 0.230 e. The van der Waals surface area contributed by atoms with Crippen LogP contribution >= 0.6 is 12.2 Å². The third kappa shape index (κ3) is 5.82. The number of nitriles is 1. The van der Waals surface area contributed by atoms with E-state index in [2.05, 4.69) is 11.4 Å². The number of rotatable bonds is 6. The minimum atomic E-state index is -0.152. The molecule has 2 aromatic rings. The average molecular weight is 337 g/mol. The smallest absolute Gasteiger partial charge is 0.230 e. The number of thiocarbonyl (C=S) groups is 1. The van der Waals surface area contributed by atoms with Crippen LogP contribution in [0.4, 0.5) is 0 Å². The van der Waals surface area contributed by atoms with E-state index in [1.54, 1.807) is 0 Å². The van der Waals surface area contributed by atoms with Crippen molar-refractivity contribution in [2.45, 2.75) is 19.4 Å². The van der Waals surface area contributed by atoms with E-state index in [1.165, 1.54) is 0 Å². The highest BCUT2D eigenvalue weighted by atomic mass is 32.1. The fourth-order valence-electron chi connectivity index (χ4n) is 2.26. The van der Waals surface area contributed by atoms with Crippen molar-refractivity contribution >= 4 is 23.2 Å². The molecule has 0 saturated carbocycles. The summed E-state index contributed by atoms with van der Waals surface area (Å²) >= 11 is 5.37. The van der Waals surface area contributed by atoms with Gasteiger partial charge >= 0.3 is 0 Å². The highest BCUT2D eigenvalue weighted by molar-refractivity contribution is 7.80. The van der Waals surface area contributed by atoms with Gasteiger partial charge in [0.05, 0.1) is 18.9 Å². The minimum Gasteiger partial charge on any atom is -0.344 e. The number of hydrogen-bond donors (Lipinski definition) is 1. The highest BCUT2D eigenvalue weighted by Crippen LogP contribution is 2.06. The van der Waals surface area contributed by atoms with Crippen LogP contribution in [0.1, 0.15) is 17.5 Å². The maximum atomic E-state index is 12.2. The first-order valence-electron chi connectivity index (χ1n) is 7.72. The van der Waals surface area contributed by atoms with Crippen molar-refractivity contribution in [3.8, 4) is 6.07 Å². The number of hydrogen-bond acceptors (Lipinski definition) is 3. The molecule has 0 atom stereocenters. The maximum absolute atomic E-state index is 12.2. The van der Waals surface area contributed by atoms with Gasteiger partial charge in [-0.15, -0.1) is 0 Å². The van der Waals surface area contributed by atoms with Crippen LogP contribution in [-0.2, 0) is 17.8 Å². The first-order valence-corrected chi connectivity index (χ1v) is 8.13. The van der Waals surface area contributed by atoms with Gasteiger partial charge in [-0.2, -0.15) is 5.26 Å². The summed E-state index contributed by atoms with van der Waals surface area (Å²) in [6.07, 6.45) is 0.625. The molecule has 0 aliphatic heterocycles. The third-order valence-corrected chi connectivity index (χ3v) is 3.81. The number of carbonyl (C=O) groups is 1. The number of benzene rings is 2. The Bertz CT molecular complexity index is 710. The molecule has 0 heterocycles. The predicted molar refractivity (Wildman–Crippen MR) is 98.0 cm³/mol. The molecule has 122 valence electrons. The monoisotopic (exact) mass is 337 g/mol. The van der Waals surface area contributed by atoms with E-state index in [1.807, 2.05) is 65.6 Å². The number of nitrogens with one attached hydrogen (secondary N) is 1. The average Bonchev–Trinajstić information content (AvgIpc) is 2.60. The van der Waals surface area contributed by atoms with Gasteiger partial charge in [0.2, 0.25) is 5.91 Å². The summed E-state index contributed by atoms with van der Waals surface area (Å²) < 4.78 is 0. The second-order valence-corrected chi connectivity index (χ2v) is 5.72. The molecule has 4 nitrogen and oxygen atoms in total. The zero-order chi connectivity index (χ0) is 17.2. The Labute approximate surface area is 147 Å². The molecule has 0 aliphatic rings. The molecule has 2 rings (SSSR count). The summed E-state index contributed by atoms with van der Waals surface area (Å²) in [5.41, 5.74) is 2.01. The topological polar surface area (TPSA) is 56.1 Å². The third-order valence-electron chi connectivity index (χ3n) is 3.45. The molecule has 2 aromatic carbocycles. The van der Waals surface area contributed by atoms with Crippen LogP contribution in [0.3, 0.4) is 0 Å². The van der Waals surface area contributed by atoms with E-state index in [4.69, 9.17) is 17.5 Å². The second kappa shape index (κ2) is 9.43. The molecule has 1 amide bonds. The molecule has 1 N–H and O–H groups in total.